The zero-order chi connectivity index (χ0) is 21.3. The molecule has 0 aliphatic heterocycles. The van der Waals surface area contributed by atoms with E-state index >= 15 is 0 Å². The fraction of sp³-hybridized carbons (Fsp3) is 0.208. The molecule has 0 atom stereocenters. The number of ether oxygens (including phenoxy) is 4. The van der Waals surface area contributed by atoms with Crippen LogP contribution in [0.1, 0.15) is 22.8 Å². The maximum Gasteiger partial charge on any atom is 0.255 e. The SMILES string of the molecule is CCOc1cc(C(=O)Nc2ccc(OC)cc2OC)ccc1OCc1ccccc1. The molecule has 3 rings (SSSR count). The van der Waals surface area contributed by atoms with Crippen molar-refractivity contribution < 1.29 is 23.7 Å². The van der Waals surface area contributed by atoms with Crippen LogP contribution in [0, 0.1) is 0 Å². The first-order chi connectivity index (χ1) is 14.6. The Labute approximate surface area is 176 Å². The maximum atomic E-state index is 12.8. The molecular formula is C24H25NO5. The average molecular weight is 407 g/mol. The van der Waals surface area contributed by atoms with Gasteiger partial charge in [0.05, 0.1) is 26.5 Å². The number of rotatable bonds is 9. The minimum absolute atomic E-state index is 0.283. The summed E-state index contributed by atoms with van der Waals surface area (Å²) >= 11 is 0. The van der Waals surface area contributed by atoms with Gasteiger partial charge in [0, 0.05) is 11.6 Å². The quantitative estimate of drug-likeness (QED) is 0.545. The van der Waals surface area contributed by atoms with Crippen LogP contribution in [0.25, 0.3) is 0 Å². The largest absolute Gasteiger partial charge is 0.497 e. The highest BCUT2D eigenvalue weighted by Crippen LogP contribution is 2.32. The molecule has 1 amide bonds. The number of benzene rings is 3. The van der Waals surface area contributed by atoms with Crippen molar-refractivity contribution in [2.75, 3.05) is 26.1 Å². The van der Waals surface area contributed by atoms with E-state index in [-0.39, 0.29) is 5.91 Å². The highest BCUT2D eigenvalue weighted by Gasteiger charge is 2.14. The van der Waals surface area contributed by atoms with Gasteiger partial charge in [-0.1, -0.05) is 30.3 Å². The van der Waals surface area contributed by atoms with Crippen LogP contribution < -0.4 is 24.3 Å². The second-order valence-electron chi connectivity index (χ2n) is 6.39. The molecule has 0 aromatic heterocycles. The number of amides is 1. The van der Waals surface area contributed by atoms with E-state index in [4.69, 9.17) is 18.9 Å². The number of anilines is 1. The summed E-state index contributed by atoms with van der Waals surface area (Å²) in [4.78, 5) is 12.8. The van der Waals surface area contributed by atoms with Crippen LogP contribution >= 0.6 is 0 Å². The van der Waals surface area contributed by atoms with E-state index in [1.165, 1.54) is 7.11 Å². The Balaban J connectivity index is 1.77. The summed E-state index contributed by atoms with van der Waals surface area (Å²) < 4.78 is 22.1. The first-order valence-corrected chi connectivity index (χ1v) is 9.61. The fourth-order valence-corrected chi connectivity index (χ4v) is 2.87. The minimum atomic E-state index is -0.283. The predicted octanol–water partition coefficient (Wildman–Crippen LogP) is 4.93. The third-order valence-corrected chi connectivity index (χ3v) is 4.40. The highest BCUT2D eigenvalue weighted by molar-refractivity contribution is 6.05. The predicted molar refractivity (Wildman–Crippen MR) is 116 cm³/mol. The van der Waals surface area contributed by atoms with Gasteiger partial charge in [-0.3, -0.25) is 4.79 Å². The smallest absolute Gasteiger partial charge is 0.255 e. The Hall–Kier alpha value is -3.67. The Morgan fingerprint density at radius 2 is 1.63 bits per heavy atom. The second kappa shape index (κ2) is 10.2. The Bertz CT molecular complexity index is 988. The van der Waals surface area contributed by atoms with E-state index in [2.05, 4.69) is 5.32 Å². The molecule has 30 heavy (non-hydrogen) atoms. The molecule has 0 bridgehead atoms. The lowest BCUT2D eigenvalue weighted by molar-refractivity contribution is 0.102. The van der Waals surface area contributed by atoms with Crippen molar-refractivity contribution >= 4 is 11.6 Å². The molecule has 0 unspecified atom stereocenters. The lowest BCUT2D eigenvalue weighted by Crippen LogP contribution is -2.13. The molecule has 3 aromatic carbocycles. The van der Waals surface area contributed by atoms with Crippen LogP contribution in [0.5, 0.6) is 23.0 Å². The van der Waals surface area contributed by atoms with Crippen LogP contribution in [0.4, 0.5) is 5.69 Å². The zero-order valence-electron chi connectivity index (χ0n) is 17.3. The molecule has 0 saturated heterocycles. The summed E-state index contributed by atoms with van der Waals surface area (Å²) in [5.41, 5.74) is 2.04. The molecule has 0 aliphatic rings. The molecule has 3 aromatic rings. The van der Waals surface area contributed by atoms with Gasteiger partial charge in [-0.25, -0.2) is 0 Å². The summed E-state index contributed by atoms with van der Waals surface area (Å²) in [5.74, 6) is 1.97. The van der Waals surface area contributed by atoms with Gasteiger partial charge in [-0.15, -0.1) is 0 Å². The molecule has 0 heterocycles. The maximum absolute atomic E-state index is 12.8. The minimum Gasteiger partial charge on any atom is -0.497 e. The van der Waals surface area contributed by atoms with Crippen molar-refractivity contribution in [1.82, 2.24) is 0 Å². The molecule has 156 valence electrons. The molecule has 0 radical (unpaired) electrons. The van der Waals surface area contributed by atoms with E-state index in [1.807, 2.05) is 37.3 Å². The van der Waals surface area contributed by atoms with Crippen LogP contribution in [-0.4, -0.2) is 26.7 Å². The van der Waals surface area contributed by atoms with E-state index in [0.29, 0.717) is 47.5 Å². The molecule has 0 aliphatic carbocycles. The van der Waals surface area contributed by atoms with Gasteiger partial charge in [-0.05, 0) is 42.8 Å². The van der Waals surface area contributed by atoms with Gasteiger partial charge in [0.2, 0.25) is 0 Å². The van der Waals surface area contributed by atoms with Crippen LogP contribution in [0.3, 0.4) is 0 Å². The van der Waals surface area contributed by atoms with Gasteiger partial charge >= 0.3 is 0 Å². The van der Waals surface area contributed by atoms with Crippen molar-refractivity contribution in [3.63, 3.8) is 0 Å². The number of hydrogen-bond donors (Lipinski definition) is 1. The number of hydrogen-bond acceptors (Lipinski definition) is 5. The van der Waals surface area contributed by atoms with Gasteiger partial charge in [0.15, 0.2) is 11.5 Å². The number of carbonyl (C=O) groups excluding carboxylic acids is 1. The van der Waals surface area contributed by atoms with Gasteiger partial charge < -0.3 is 24.3 Å². The topological polar surface area (TPSA) is 66.0 Å². The standard InChI is InChI=1S/C24H25NO5/c1-4-29-23-14-18(10-13-21(23)30-16-17-8-6-5-7-9-17)24(26)25-20-12-11-19(27-2)15-22(20)28-3/h5-15H,4,16H2,1-3H3,(H,25,26). The molecule has 0 saturated carbocycles. The lowest BCUT2D eigenvalue weighted by Gasteiger charge is -2.15. The summed E-state index contributed by atoms with van der Waals surface area (Å²) in [7, 11) is 3.11. The first-order valence-electron chi connectivity index (χ1n) is 9.61. The van der Waals surface area contributed by atoms with E-state index < -0.39 is 0 Å². The van der Waals surface area contributed by atoms with Crippen molar-refractivity contribution in [2.24, 2.45) is 0 Å². The first kappa shape index (κ1) is 21.0. The third kappa shape index (κ3) is 5.23. The Morgan fingerprint density at radius 3 is 2.33 bits per heavy atom. The van der Waals surface area contributed by atoms with Crippen molar-refractivity contribution in [2.45, 2.75) is 13.5 Å². The zero-order valence-corrected chi connectivity index (χ0v) is 17.3. The van der Waals surface area contributed by atoms with Gasteiger partial charge in [0.25, 0.3) is 5.91 Å². The molecule has 6 heteroatoms. The molecule has 1 N–H and O–H groups in total. The normalized spacial score (nSPS) is 10.2. The van der Waals surface area contributed by atoms with Crippen LogP contribution in [0.15, 0.2) is 66.7 Å². The number of methoxy groups -OCH3 is 2. The molecular weight excluding hydrogens is 382 g/mol. The number of nitrogens with one attached hydrogen (secondary N) is 1. The van der Waals surface area contributed by atoms with Crippen molar-refractivity contribution in [1.29, 1.82) is 0 Å². The molecule has 0 spiro atoms. The Kier molecular flexibility index (Phi) is 7.16. The van der Waals surface area contributed by atoms with E-state index in [1.54, 1.807) is 43.5 Å². The third-order valence-electron chi connectivity index (χ3n) is 4.40. The monoisotopic (exact) mass is 407 g/mol. The van der Waals surface area contributed by atoms with Crippen LogP contribution in [0.2, 0.25) is 0 Å². The van der Waals surface area contributed by atoms with Gasteiger partial charge in [0.1, 0.15) is 18.1 Å². The second-order valence-corrected chi connectivity index (χ2v) is 6.39. The molecule has 0 fully saturated rings. The van der Waals surface area contributed by atoms with E-state index in [9.17, 15) is 4.79 Å². The summed E-state index contributed by atoms with van der Waals surface area (Å²) in [6.07, 6.45) is 0. The number of carbonyl (C=O) groups is 1. The van der Waals surface area contributed by atoms with Crippen LogP contribution in [-0.2, 0) is 6.61 Å². The Morgan fingerprint density at radius 1 is 0.833 bits per heavy atom. The summed E-state index contributed by atoms with van der Waals surface area (Å²) in [5, 5.41) is 2.86. The average Bonchev–Trinajstić information content (AvgIpc) is 2.79. The van der Waals surface area contributed by atoms with Crippen molar-refractivity contribution in [3.05, 3.63) is 77.9 Å². The highest BCUT2D eigenvalue weighted by atomic mass is 16.5. The summed E-state index contributed by atoms with van der Waals surface area (Å²) in [6, 6.07) is 20.2. The lowest BCUT2D eigenvalue weighted by atomic mass is 10.1. The molecule has 6 nitrogen and oxygen atoms in total. The van der Waals surface area contributed by atoms with E-state index in [0.717, 1.165) is 5.56 Å². The van der Waals surface area contributed by atoms with Crippen molar-refractivity contribution in [3.8, 4) is 23.0 Å². The fourth-order valence-electron chi connectivity index (χ4n) is 2.87. The summed E-state index contributed by atoms with van der Waals surface area (Å²) in [6.45, 7) is 2.75. The van der Waals surface area contributed by atoms with Gasteiger partial charge in [-0.2, -0.15) is 0 Å².